The number of aliphatic hydroxyl groups excluding tert-OH is 1. The van der Waals surface area contributed by atoms with Crippen molar-refractivity contribution in [3.63, 3.8) is 0 Å². The van der Waals surface area contributed by atoms with E-state index < -0.39 is 60.3 Å². The van der Waals surface area contributed by atoms with E-state index in [2.05, 4.69) is 10.6 Å². The topological polar surface area (TPSA) is 160 Å². The number of benzene rings is 1. The highest BCUT2D eigenvalue weighted by Crippen LogP contribution is 2.44. The lowest BCUT2D eigenvalue weighted by atomic mass is 9.81. The van der Waals surface area contributed by atoms with Gasteiger partial charge in [0.15, 0.2) is 5.60 Å². The molecule has 2 fully saturated rings. The number of aliphatic hydroxyl groups is 1. The number of hydrogen-bond acceptors (Lipinski definition) is 8. The second-order valence-corrected chi connectivity index (χ2v) is 9.19. The SMILES string of the molecule is COC1(C(F)(F)F)CCCC(NC(O)C2CCC(=O)N2C(=O)CNc2ccccc2C(N)C(N)=O)C1. The number of hydrogen-bond donors (Lipinski definition) is 5. The predicted molar refractivity (Wildman–Crippen MR) is 123 cm³/mol. The van der Waals surface area contributed by atoms with Crippen LogP contribution in [-0.4, -0.2) is 71.5 Å². The molecular weight excluding hydrogens is 483 g/mol. The number of amides is 3. The molecule has 5 unspecified atom stereocenters. The Balaban J connectivity index is 1.66. The number of imide groups is 1. The highest BCUT2D eigenvalue weighted by atomic mass is 19.4. The van der Waals surface area contributed by atoms with E-state index in [1.165, 1.54) is 0 Å². The van der Waals surface area contributed by atoms with E-state index in [1.807, 2.05) is 0 Å². The molecule has 3 rings (SSSR count). The van der Waals surface area contributed by atoms with Gasteiger partial charge < -0.3 is 26.6 Å². The second-order valence-electron chi connectivity index (χ2n) is 9.19. The molecule has 0 bridgehead atoms. The van der Waals surface area contributed by atoms with Crippen molar-refractivity contribution in [2.75, 3.05) is 19.0 Å². The second kappa shape index (κ2) is 11.1. The molecule has 7 N–H and O–H groups in total. The number of alkyl halides is 3. The first-order valence-electron chi connectivity index (χ1n) is 11.7. The van der Waals surface area contributed by atoms with E-state index in [0.717, 1.165) is 12.0 Å². The number of likely N-dealkylation sites (tertiary alicyclic amines) is 1. The summed E-state index contributed by atoms with van der Waals surface area (Å²) in [5, 5.41) is 16.4. The molecule has 1 aliphatic carbocycles. The average Bonchev–Trinajstić information content (AvgIpc) is 3.23. The summed E-state index contributed by atoms with van der Waals surface area (Å²) in [5.74, 6) is -1.90. The van der Waals surface area contributed by atoms with Crippen molar-refractivity contribution in [3.8, 4) is 0 Å². The number of primary amides is 1. The van der Waals surface area contributed by atoms with Crippen molar-refractivity contribution >= 4 is 23.4 Å². The van der Waals surface area contributed by atoms with Crippen LogP contribution in [0.4, 0.5) is 18.9 Å². The first kappa shape index (κ1) is 27.8. The van der Waals surface area contributed by atoms with Crippen LogP contribution in [0.25, 0.3) is 0 Å². The fourth-order valence-electron chi connectivity index (χ4n) is 4.96. The summed E-state index contributed by atoms with van der Waals surface area (Å²) in [7, 11) is 1.02. The van der Waals surface area contributed by atoms with Crippen LogP contribution in [0.3, 0.4) is 0 Å². The van der Waals surface area contributed by atoms with E-state index >= 15 is 0 Å². The maximum atomic E-state index is 13.6. The van der Waals surface area contributed by atoms with Gasteiger partial charge in [-0.3, -0.25) is 24.6 Å². The number of methoxy groups -OCH3 is 1. The Morgan fingerprint density at radius 2 is 2.00 bits per heavy atom. The van der Waals surface area contributed by atoms with Crippen molar-refractivity contribution < 1.29 is 37.4 Å². The molecule has 1 heterocycles. The summed E-state index contributed by atoms with van der Waals surface area (Å²) < 4.78 is 45.7. The maximum absolute atomic E-state index is 13.6. The molecule has 10 nitrogen and oxygen atoms in total. The zero-order valence-corrected chi connectivity index (χ0v) is 19.9. The Hall–Kier alpha value is -2.74. The largest absolute Gasteiger partial charge is 0.417 e. The van der Waals surface area contributed by atoms with Gasteiger partial charge in [0.1, 0.15) is 12.3 Å². The van der Waals surface area contributed by atoms with Crippen LogP contribution < -0.4 is 22.1 Å². The molecule has 2 aliphatic rings. The first-order valence-corrected chi connectivity index (χ1v) is 11.7. The number of carbonyl (C=O) groups is 3. The number of carbonyl (C=O) groups excluding carboxylic acids is 3. The van der Waals surface area contributed by atoms with Crippen LogP contribution in [0, 0.1) is 0 Å². The number of rotatable bonds is 9. The summed E-state index contributed by atoms with van der Waals surface area (Å²) in [6, 6.07) is 3.70. The number of para-hydroxylation sites is 1. The first-order chi connectivity index (χ1) is 16.9. The van der Waals surface area contributed by atoms with Crippen LogP contribution in [0.1, 0.15) is 50.1 Å². The Morgan fingerprint density at radius 1 is 1.31 bits per heavy atom. The third kappa shape index (κ3) is 5.80. The molecule has 1 saturated heterocycles. The van der Waals surface area contributed by atoms with Crippen molar-refractivity contribution in [2.45, 2.75) is 74.7 Å². The van der Waals surface area contributed by atoms with E-state index in [-0.39, 0.29) is 32.2 Å². The Bertz CT molecular complexity index is 978. The highest BCUT2D eigenvalue weighted by Gasteiger charge is 2.57. The number of nitrogens with zero attached hydrogens (tertiary/aromatic N) is 1. The van der Waals surface area contributed by atoms with E-state index in [4.69, 9.17) is 16.2 Å². The molecule has 1 aromatic carbocycles. The fraction of sp³-hybridized carbons (Fsp3) is 0.609. The lowest BCUT2D eigenvalue weighted by Gasteiger charge is -2.42. The number of ether oxygens (including phenoxy) is 1. The van der Waals surface area contributed by atoms with Gasteiger partial charge in [0.05, 0.1) is 12.6 Å². The van der Waals surface area contributed by atoms with Crippen LogP contribution in [0.5, 0.6) is 0 Å². The minimum absolute atomic E-state index is 0.00745. The monoisotopic (exact) mass is 515 g/mol. The summed E-state index contributed by atoms with van der Waals surface area (Å²) in [4.78, 5) is 37.8. The molecule has 1 aliphatic heterocycles. The Labute approximate surface area is 206 Å². The lowest BCUT2D eigenvalue weighted by Crippen LogP contribution is -2.58. The summed E-state index contributed by atoms with van der Waals surface area (Å²) in [6.45, 7) is -0.345. The average molecular weight is 516 g/mol. The van der Waals surface area contributed by atoms with Gasteiger partial charge in [-0.15, -0.1) is 0 Å². The molecule has 0 spiro atoms. The lowest BCUT2D eigenvalue weighted by molar-refractivity contribution is -0.282. The van der Waals surface area contributed by atoms with Crippen molar-refractivity contribution in [3.05, 3.63) is 29.8 Å². The highest BCUT2D eigenvalue weighted by molar-refractivity contribution is 5.99. The van der Waals surface area contributed by atoms with E-state index in [1.54, 1.807) is 24.3 Å². The van der Waals surface area contributed by atoms with Crippen LogP contribution in [0.2, 0.25) is 0 Å². The standard InChI is InChI=1S/C23H32F3N5O5/c1-36-22(23(24,25)26)10-4-5-13(11-22)30-21(35)16-8-9-17(32)31(16)18(33)12-29-15-7-3-2-6-14(15)19(27)20(28)34/h2-3,6-7,13,16,19,21,29-30,35H,4-5,8-12,27H2,1H3,(H2,28,34). The number of nitrogens with one attached hydrogen (secondary N) is 2. The molecule has 1 saturated carbocycles. The molecule has 5 atom stereocenters. The van der Waals surface area contributed by atoms with E-state index in [9.17, 15) is 32.7 Å². The van der Waals surface area contributed by atoms with Crippen LogP contribution in [-0.2, 0) is 19.1 Å². The van der Waals surface area contributed by atoms with Crippen LogP contribution in [0.15, 0.2) is 24.3 Å². The summed E-state index contributed by atoms with van der Waals surface area (Å²) in [6.07, 6.45) is -5.78. The molecule has 0 aromatic heterocycles. The fourth-order valence-corrected chi connectivity index (χ4v) is 4.96. The minimum atomic E-state index is -4.57. The number of anilines is 1. The normalized spacial score (nSPS) is 26.5. The zero-order chi connectivity index (χ0) is 26.7. The smallest absolute Gasteiger partial charge is 0.376 e. The number of nitrogens with two attached hydrogens (primary N) is 2. The summed E-state index contributed by atoms with van der Waals surface area (Å²) in [5.41, 5.74) is 9.52. The van der Waals surface area contributed by atoms with Gasteiger partial charge in [-0.25, -0.2) is 0 Å². The third-order valence-corrected chi connectivity index (χ3v) is 6.94. The van der Waals surface area contributed by atoms with Gasteiger partial charge >= 0.3 is 6.18 Å². The quantitative estimate of drug-likeness (QED) is 0.303. The molecular formula is C23H32F3N5O5. The van der Waals surface area contributed by atoms with Gasteiger partial charge in [0.25, 0.3) is 0 Å². The maximum Gasteiger partial charge on any atom is 0.417 e. The number of halogens is 3. The van der Waals surface area contributed by atoms with Crippen molar-refractivity contribution in [1.29, 1.82) is 0 Å². The Morgan fingerprint density at radius 3 is 2.64 bits per heavy atom. The van der Waals surface area contributed by atoms with Gasteiger partial charge in [-0.2, -0.15) is 13.2 Å². The summed E-state index contributed by atoms with van der Waals surface area (Å²) >= 11 is 0. The molecule has 200 valence electrons. The molecule has 1 aromatic rings. The molecule has 0 radical (unpaired) electrons. The zero-order valence-electron chi connectivity index (χ0n) is 19.9. The van der Waals surface area contributed by atoms with Gasteiger partial charge in [-0.05, 0) is 31.7 Å². The van der Waals surface area contributed by atoms with E-state index in [0.29, 0.717) is 17.7 Å². The van der Waals surface area contributed by atoms with Gasteiger partial charge in [-0.1, -0.05) is 18.2 Å². The van der Waals surface area contributed by atoms with Crippen molar-refractivity contribution in [2.24, 2.45) is 11.5 Å². The predicted octanol–water partition coefficient (Wildman–Crippen LogP) is 0.899. The Kier molecular flexibility index (Phi) is 8.59. The third-order valence-electron chi connectivity index (χ3n) is 6.94. The van der Waals surface area contributed by atoms with Crippen LogP contribution >= 0.6 is 0 Å². The molecule has 13 heteroatoms. The minimum Gasteiger partial charge on any atom is -0.376 e. The molecule has 36 heavy (non-hydrogen) atoms. The van der Waals surface area contributed by atoms with Gasteiger partial charge in [0, 0.05) is 37.2 Å². The molecule has 3 amide bonds. The van der Waals surface area contributed by atoms with Gasteiger partial charge in [0.2, 0.25) is 17.7 Å². The van der Waals surface area contributed by atoms with Crippen molar-refractivity contribution in [1.82, 2.24) is 10.2 Å².